The third-order valence-corrected chi connectivity index (χ3v) is 5.88. The fraction of sp³-hybridized carbons (Fsp3) is 0.714. The van der Waals surface area contributed by atoms with Crippen molar-refractivity contribution < 1.29 is 0 Å². The van der Waals surface area contributed by atoms with Crippen LogP contribution in [0.2, 0.25) is 0 Å². The molecule has 0 bridgehead atoms. The molecule has 1 aromatic rings. The summed E-state index contributed by atoms with van der Waals surface area (Å²) >= 11 is 5.41. The van der Waals surface area contributed by atoms with Crippen LogP contribution in [0.3, 0.4) is 0 Å². The molecular formula is C14H21BrN2S. The Balaban J connectivity index is 1.53. The van der Waals surface area contributed by atoms with Gasteiger partial charge in [-0.05, 0) is 60.2 Å². The summed E-state index contributed by atoms with van der Waals surface area (Å²) in [5.41, 5.74) is 0. The van der Waals surface area contributed by atoms with E-state index in [-0.39, 0.29) is 0 Å². The zero-order chi connectivity index (χ0) is 12.5. The predicted molar refractivity (Wildman–Crippen MR) is 81.3 cm³/mol. The van der Waals surface area contributed by atoms with Gasteiger partial charge in [-0.3, -0.25) is 4.90 Å². The van der Waals surface area contributed by atoms with E-state index in [0.29, 0.717) is 6.04 Å². The molecule has 2 nitrogen and oxygen atoms in total. The maximum atomic E-state index is 3.72. The Morgan fingerprint density at radius 2 is 2.28 bits per heavy atom. The van der Waals surface area contributed by atoms with E-state index in [0.717, 1.165) is 18.5 Å². The van der Waals surface area contributed by atoms with Crippen molar-refractivity contribution in [1.29, 1.82) is 0 Å². The lowest BCUT2D eigenvalue weighted by Gasteiger charge is -2.39. The van der Waals surface area contributed by atoms with Crippen molar-refractivity contribution in [3.8, 4) is 0 Å². The van der Waals surface area contributed by atoms with Crippen molar-refractivity contribution in [2.45, 2.75) is 38.3 Å². The summed E-state index contributed by atoms with van der Waals surface area (Å²) < 4.78 is 1.25. The van der Waals surface area contributed by atoms with Crippen LogP contribution < -0.4 is 5.32 Å². The standard InChI is InChI=1S/C14H21BrN2S/c1-10-8-16-13(11-2-3-11)9-17(10)7-6-12-4-5-14(15)18-12/h4-5,10-11,13,16H,2-3,6-9H2,1H3. The smallest absolute Gasteiger partial charge is 0.0701 e. The third kappa shape index (κ3) is 3.16. The van der Waals surface area contributed by atoms with Crippen LogP contribution in [0.25, 0.3) is 0 Å². The number of rotatable bonds is 4. The molecule has 2 fully saturated rings. The number of hydrogen-bond donors (Lipinski definition) is 1. The second-order valence-corrected chi connectivity index (χ2v) is 8.20. The second-order valence-electron chi connectivity index (χ2n) is 5.65. The van der Waals surface area contributed by atoms with Crippen LogP contribution in [0.15, 0.2) is 15.9 Å². The van der Waals surface area contributed by atoms with Crippen molar-refractivity contribution in [2.75, 3.05) is 19.6 Å². The maximum absolute atomic E-state index is 3.72. The average Bonchev–Trinajstić information content (AvgIpc) is 3.12. The van der Waals surface area contributed by atoms with Gasteiger partial charge in [0.2, 0.25) is 0 Å². The molecule has 2 aliphatic rings. The van der Waals surface area contributed by atoms with Crippen LogP contribution in [0, 0.1) is 5.92 Å². The first-order valence-corrected chi connectivity index (χ1v) is 8.55. The molecule has 2 atom stereocenters. The molecule has 1 aliphatic heterocycles. The Bertz CT molecular complexity index is 402. The molecule has 1 N–H and O–H groups in total. The fourth-order valence-corrected chi connectivity index (χ4v) is 4.29. The fourth-order valence-electron chi connectivity index (χ4n) is 2.81. The van der Waals surface area contributed by atoms with E-state index in [1.165, 1.54) is 41.0 Å². The van der Waals surface area contributed by atoms with Gasteiger partial charge in [-0.25, -0.2) is 0 Å². The van der Waals surface area contributed by atoms with Crippen molar-refractivity contribution >= 4 is 27.3 Å². The van der Waals surface area contributed by atoms with Gasteiger partial charge in [0.25, 0.3) is 0 Å². The van der Waals surface area contributed by atoms with Crippen molar-refractivity contribution in [3.63, 3.8) is 0 Å². The average molecular weight is 329 g/mol. The quantitative estimate of drug-likeness (QED) is 0.913. The second kappa shape index (κ2) is 5.61. The predicted octanol–water partition coefficient (Wildman–Crippen LogP) is 3.13. The Hall–Kier alpha value is 0.1000. The number of halogens is 1. The lowest BCUT2D eigenvalue weighted by Crippen LogP contribution is -2.56. The van der Waals surface area contributed by atoms with Crippen LogP contribution in [0.5, 0.6) is 0 Å². The van der Waals surface area contributed by atoms with Gasteiger partial charge in [0.15, 0.2) is 0 Å². The summed E-state index contributed by atoms with van der Waals surface area (Å²) in [7, 11) is 0. The van der Waals surface area contributed by atoms with Crippen molar-refractivity contribution in [3.05, 3.63) is 20.8 Å². The Labute approximate surface area is 122 Å². The normalized spacial score (nSPS) is 29.7. The molecule has 3 rings (SSSR count). The third-order valence-electron chi connectivity index (χ3n) is 4.20. The lowest BCUT2D eigenvalue weighted by atomic mass is 10.1. The number of thiophene rings is 1. The molecule has 18 heavy (non-hydrogen) atoms. The number of piperazine rings is 1. The minimum Gasteiger partial charge on any atom is -0.311 e. The minimum atomic E-state index is 0.684. The van der Waals surface area contributed by atoms with E-state index in [9.17, 15) is 0 Å². The summed E-state index contributed by atoms with van der Waals surface area (Å²) in [6.45, 7) is 5.97. The van der Waals surface area contributed by atoms with E-state index in [4.69, 9.17) is 0 Å². The summed E-state index contributed by atoms with van der Waals surface area (Å²) in [6, 6.07) is 5.86. The van der Waals surface area contributed by atoms with Crippen molar-refractivity contribution in [1.82, 2.24) is 10.2 Å². The van der Waals surface area contributed by atoms with Gasteiger partial charge in [-0.2, -0.15) is 0 Å². The minimum absolute atomic E-state index is 0.684. The van der Waals surface area contributed by atoms with Gasteiger partial charge in [-0.15, -0.1) is 11.3 Å². The molecular weight excluding hydrogens is 308 g/mol. The van der Waals surface area contributed by atoms with E-state index in [1.54, 1.807) is 0 Å². The van der Waals surface area contributed by atoms with Gasteiger partial charge in [-0.1, -0.05) is 0 Å². The first kappa shape index (κ1) is 13.1. The van der Waals surface area contributed by atoms with Crippen LogP contribution in [0.4, 0.5) is 0 Å². The molecule has 1 saturated carbocycles. The molecule has 100 valence electrons. The van der Waals surface area contributed by atoms with Gasteiger partial charge in [0.1, 0.15) is 0 Å². The molecule has 1 aromatic heterocycles. The van der Waals surface area contributed by atoms with Crippen LogP contribution >= 0.6 is 27.3 Å². The highest BCUT2D eigenvalue weighted by Crippen LogP contribution is 2.34. The lowest BCUT2D eigenvalue weighted by molar-refractivity contribution is 0.134. The van der Waals surface area contributed by atoms with Gasteiger partial charge >= 0.3 is 0 Å². The SMILES string of the molecule is CC1CNC(C2CC2)CN1CCc1ccc(Br)s1. The largest absolute Gasteiger partial charge is 0.311 e. The summed E-state index contributed by atoms with van der Waals surface area (Å²) in [6.07, 6.45) is 4.08. The topological polar surface area (TPSA) is 15.3 Å². The summed E-state index contributed by atoms with van der Waals surface area (Å²) in [5.74, 6) is 0.968. The molecule has 0 aromatic carbocycles. The monoisotopic (exact) mass is 328 g/mol. The van der Waals surface area contributed by atoms with Gasteiger partial charge in [0.05, 0.1) is 3.79 Å². The Morgan fingerprint density at radius 1 is 1.44 bits per heavy atom. The molecule has 0 spiro atoms. The Kier molecular flexibility index (Phi) is 4.09. The Morgan fingerprint density at radius 3 is 2.94 bits per heavy atom. The number of nitrogens with zero attached hydrogens (tertiary/aromatic N) is 1. The number of nitrogens with one attached hydrogen (secondary N) is 1. The summed E-state index contributed by atoms with van der Waals surface area (Å²) in [5, 5.41) is 3.72. The van der Waals surface area contributed by atoms with Crippen LogP contribution in [0.1, 0.15) is 24.6 Å². The molecule has 0 radical (unpaired) electrons. The maximum Gasteiger partial charge on any atom is 0.0701 e. The van der Waals surface area contributed by atoms with Crippen LogP contribution in [-0.2, 0) is 6.42 Å². The molecule has 4 heteroatoms. The zero-order valence-electron chi connectivity index (χ0n) is 10.9. The molecule has 1 aliphatic carbocycles. The van der Waals surface area contributed by atoms with Gasteiger partial charge in [0, 0.05) is 36.6 Å². The van der Waals surface area contributed by atoms with E-state index in [2.05, 4.69) is 45.2 Å². The van der Waals surface area contributed by atoms with Gasteiger partial charge < -0.3 is 5.32 Å². The zero-order valence-corrected chi connectivity index (χ0v) is 13.3. The first-order valence-electron chi connectivity index (χ1n) is 6.94. The molecule has 0 amide bonds. The van der Waals surface area contributed by atoms with Crippen LogP contribution in [-0.4, -0.2) is 36.6 Å². The highest BCUT2D eigenvalue weighted by molar-refractivity contribution is 9.11. The number of hydrogen-bond acceptors (Lipinski definition) is 3. The van der Waals surface area contributed by atoms with E-state index >= 15 is 0 Å². The highest BCUT2D eigenvalue weighted by atomic mass is 79.9. The van der Waals surface area contributed by atoms with Crippen molar-refractivity contribution in [2.24, 2.45) is 5.92 Å². The highest BCUT2D eigenvalue weighted by Gasteiger charge is 2.35. The molecule has 2 unspecified atom stereocenters. The molecule has 2 heterocycles. The van der Waals surface area contributed by atoms with E-state index < -0.39 is 0 Å². The first-order chi connectivity index (χ1) is 8.72. The summed E-state index contributed by atoms with van der Waals surface area (Å²) in [4.78, 5) is 4.17. The van der Waals surface area contributed by atoms with E-state index in [1.807, 2.05) is 11.3 Å². The molecule has 1 saturated heterocycles.